The molecule has 0 saturated carbocycles. The standard InChI is InChI=1S/C18H20N4O4S/c1-5-26-17(23)12-9-27-18(21-12)22(2)13-8-20-16(19)15-11(13)6-10(24-3)7-14(15)25-4/h6-9H,5H2,1-4H3,(H2,19,20). The van der Waals surface area contributed by atoms with Crippen molar-refractivity contribution in [1.29, 1.82) is 0 Å². The molecule has 2 N–H and O–H groups in total. The number of carbonyl (C=O) groups excluding carboxylic acids is 1. The van der Waals surface area contributed by atoms with Crippen molar-refractivity contribution in [2.24, 2.45) is 0 Å². The van der Waals surface area contributed by atoms with Crippen LogP contribution in [0.2, 0.25) is 0 Å². The van der Waals surface area contributed by atoms with Crippen LogP contribution in [-0.2, 0) is 4.74 Å². The fraction of sp³-hybridized carbons (Fsp3) is 0.278. The molecule has 0 aliphatic heterocycles. The van der Waals surface area contributed by atoms with E-state index in [1.54, 1.807) is 38.8 Å². The van der Waals surface area contributed by atoms with Gasteiger partial charge in [-0.3, -0.25) is 0 Å². The molecule has 0 radical (unpaired) electrons. The van der Waals surface area contributed by atoms with Gasteiger partial charge in [0.15, 0.2) is 10.8 Å². The number of methoxy groups -OCH3 is 2. The van der Waals surface area contributed by atoms with E-state index in [2.05, 4.69) is 9.97 Å². The van der Waals surface area contributed by atoms with Gasteiger partial charge in [-0.25, -0.2) is 14.8 Å². The fourth-order valence-corrected chi connectivity index (χ4v) is 3.46. The molecule has 2 heterocycles. The van der Waals surface area contributed by atoms with Crippen LogP contribution < -0.4 is 20.1 Å². The highest BCUT2D eigenvalue weighted by molar-refractivity contribution is 7.14. The van der Waals surface area contributed by atoms with Gasteiger partial charge in [0.05, 0.1) is 38.1 Å². The van der Waals surface area contributed by atoms with Crippen molar-refractivity contribution < 1.29 is 19.0 Å². The molecule has 27 heavy (non-hydrogen) atoms. The van der Waals surface area contributed by atoms with Crippen LogP contribution in [0.4, 0.5) is 16.6 Å². The third kappa shape index (κ3) is 3.45. The van der Waals surface area contributed by atoms with E-state index < -0.39 is 5.97 Å². The summed E-state index contributed by atoms with van der Waals surface area (Å²) >= 11 is 1.33. The Morgan fingerprint density at radius 2 is 2.07 bits per heavy atom. The van der Waals surface area contributed by atoms with Crippen LogP contribution in [0.15, 0.2) is 23.7 Å². The fourth-order valence-electron chi connectivity index (χ4n) is 2.69. The molecular weight excluding hydrogens is 368 g/mol. The van der Waals surface area contributed by atoms with Gasteiger partial charge in [0.25, 0.3) is 0 Å². The summed E-state index contributed by atoms with van der Waals surface area (Å²) < 4.78 is 15.8. The van der Waals surface area contributed by atoms with Crippen LogP contribution in [0.3, 0.4) is 0 Å². The molecule has 142 valence electrons. The third-order valence-electron chi connectivity index (χ3n) is 4.01. The Kier molecular flexibility index (Phi) is 5.31. The number of ether oxygens (including phenoxy) is 3. The third-order valence-corrected chi connectivity index (χ3v) is 4.93. The number of aromatic nitrogens is 2. The Morgan fingerprint density at radius 1 is 1.30 bits per heavy atom. The summed E-state index contributed by atoms with van der Waals surface area (Å²) in [6.07, 6.45) is 1.65. The lowest BCUT2D eigenvalue weighted by molar-refractivity contribution is 0.0520. The normalized spacial score (nSPS) is 10.7. The average molecular weight is 388 g/mol. The summed E-state index contributed by atoms with van der Waals surface area (Å²) in [4.78, 5) is 22.4. The molecule has 9 heteroatoms. The Labute approximate surface area is 160 Å². The van der Waals surface area contributed by atoms with Crippen molar-refractivity contribution in [3.8, 4) is 11.5 Å². The number of anilines is 3. The Morgan fingerprint density at radius 3 is 2.74 bits per heavy atom. The number of rotatable bonds is 6. The van der Waals surface area contributed by atoms with Crippen LogP contribution in [0.25, 0.3) is 10.8 Å². The van der Waals surface area contributed by atoms with E-state index in [4.69, 9.17) is 19.9 Å². The number of thiazole rings is 1. The zero-order valence-electron chi connectivity index (χ0n) is 15.5. The minimum absolute atomic E-state index is 0.270. The van der Waals surface area contributed by atoms with Crippen molar-refractivity contribution in [2.75, 3.05) is 38.5 Å². The molecule has 0 atom stereocenters. The summed E-state index contributed by atoms with van der Waals surface area (Å²) in [5.41, 5.74) is 7.11. The first-order valence-corrected chi connectivity index (χ1v) is 9.04. The first-order chi connectivity index (χ1) is 13.0. The number of benzene rings is 1. The van der Waals surface area contributed by atoms with E-state index in [0.29, 0.717) is 34.4 Å². The second-order valence-electron chi connectivity index (χ2n) is 5.58. The molecule has 1 aromatic carbocycles. The van der Waals surface area contributed by atoms with E-state index in [0.717, 1.165) is 11.1 Å². The summed E-state index contributed by atoms with van der Waals surface area (Å²) in [5.74, 6) is 1.10. The SMILES string of the molecule is CCOC(=O)c1csc(N(C)c2cnc(N)c3c(OC)cc(OC)cc23)n1. The molecule has 0 bridgehead atoms. The van der Waals surface area contributed by atoms with Gasteiger partial charge in [-0.1, -0.05) is 0 Å². The van der Waals surface area contributed by atoms with E-state index in [1.165, 1.54) is 11.3 Å². The molecule has 0 fully saturated rings. The van der Waals surface area contributed by atoms with Gasteiger partial charge in [-0.05, 0) is 13.0 Å². The molecule has 0 unspecified atom stereocenters. The zero-order chi connectivity index (χ0) is 19.6. The minimum Gasteiger partial charge on any atom is -0.497 e. The van der Waals surface area contributed by atoms with Crippen LogP contribution in [-0.4, -0.2) is 43.8 Å². The maximum Gasteiger partial charge on any atom is 0.357 e. The number of nitrogens with zero attached hydrogens (tertiary/aromatic N) is 3. The van der Waals surface area contributed by atoms with Crippen LogP contribution in [0.5, 0.6) is 11.5 Å². The van der Waals surface area contributed by atoms with E-state index in [1.807, 2.05) is 18.0 Å². The van der Waals surface area contributed by atoms with Crippen molar-refractivity contribution in [1.82, 2.24) is 9.97 Å². The largest absolute Gasteiger partial charge is 0.497 e. The summed E-state index contributed by atoms with van der Waals surface area (Å²) in [6, 6.07) is 3.62. The van der Waals surface area contributed by atoms with Gasteiger partial charge in [0.2, 0.25) is 0 Å². The monoisotopic (exact) mass is 388 g/mol. The predicted molar refractivity (Wildman–Crippen MR) is 105 cm³/mol. The highest BCUT2D eigenvalue weighted by atomic mass is 32.1. The lowest BCUT2D eigenvalue weighted by atomic mass is 10.1. The topological polar surface area (TPSA) is 99.8 Å². The zero-order valence-corrected chi connectivity index (χ0v) is 16.3. The van der Waals surface area contributed by atoms with Crippen LogP contribution in [0.1, 0.15) is 17.4 Å². The lowest BCUT2D eigenvalue weighted by Crippen LogP contribution is -2.12. The van der Waals surface area contributed by atoms with Crippen molar-refractivity contribution in [3.05, 3.63) is 29.4 Å². The second kappa shape index (κ2) is 7.67. The van der Waals surface area contributed by atoms with Gasteiger partial charge >= 0.3 is 5.97 Å². The number of esters is 1. The number of nitrogens with two attached hydrogens (primary N) is 1. The molecular formula is C18H20N4O4S. The number of hydrogen-bond acceptors (Lipinski definition) is 9. The number of hydrogen-bond donors (Lipinski definition) is 1. The molecule has 3 aromatic rings. The molecule has 0 aliphatic carbocycles. The molecule has 0 saturated heterocycles. The molecule has 3 rings (SSSR count). The van der Waals surface area contributed by atoms with Gasteiger partial charge in [-0.15, -0.1) is 11.3 Å². The Balaban J connectivity index is 2.11. The molecule has 0 spiro atoms. The van der Waals surface area contributed by atoms with Gasteiger partial charge in [0.1, 0.15) is 17.3 Å². The number of nitrogen functional groups attached to an aromatic ring is 1. The first-order valence-electron chi connectivity index (χ1n) is 8.16. The predicted octanol–water partition coefficient (Wildman–Crippen LogP) is 3.24. The highest BCUT2D eigenvalue weighted by Gasteiger charge is 2.19. The smallest absolute Gasteiger partial charge is 0.357 e. The summed E-state index contributed by atoms with van der Waals surface area (Å²) in [5, 5.41) is 3.77. The van der Waals surface area contributed by atoms with Crippen molar-refractivity contribution in [2.45, 2.75) is 6.92 Å². The summed E-state index contributed by atoms with van der Waals surface area (Å²) in [7, 11) is 4.99. The van der Waals surface area contributed by atoms with Gasteiger partial charge in [-0.2, -0.15) is 0 Å². The Hall–Kier alpha value is -3.07. The maximum absolute atomic E-state index is 11.9. The summed E-state index contributed by atoms with van der Waals surface area (Å²) in [6.45, 7) is 2.05. The minimum atomic E-state index is -0.447. The highest BCUT2D eigenvalue weighted by Crippen LogP contribution is 2.40. The Bertz CT molecular complexity index is 989. The second-order valence-corrected chi connectivity index (χ2v) is 6.41. The molecule has 0 amide bonds. The van der Waals surface area contributed by atoms with Crippen molar-refractivity contribution in [3.63, 3.8) is 0 Å². The molecule has 0 aliphatic rings. The first kappa shape index (κ1) is 18.7. The lowest BCUT2D eigenvalue weighted by Gasteiger charge is -2.20. The van der Waals surface area contributed by atoms with Gasteiger partial charge in [0, 0.05) is 23.9 Å². The van der Waals surface area contributed by atoms with E-state index >= 15 is 0 Å². The molecule has 2 aromatic heterocycles. The number of fused-ring (bicyclic) bond motifs is 1. The molecule has 8 nitrogen and oxygen atoms in total. The van der Waals surface area contributed by atoms with E-state index in [-0.39, 0.29) is 5.69 Å². The van der Waals surface area contributed by atoms with Crippen LogP contribution >= 0.6 is 11.3 Å². The van der Waals surface area contributed by atoms with Gasteiger partial charge < -0.3 is 24.8 Å². The van der Waals surface area contributed by atoms with Crippen molar-refractivity contribution >= 4 is 44.7 Å². The average Bonchev–Trinajstić information content (AvgIpc) is 3.17. The quantitative estimate of drug-likeness (QED) is 0.643. The van der Waals surface area contributed by atoms with E-state index in [9.17, 15) is 4.79 Å². The number of pyridine rings is 1. The number of carbonyl (C=O) groups is 1. The van der Waals surface area contributed by atoms with Crippen LogP contribution in [0, 0.1) is 0 Å². The maximum atomic E-state index is 11.9.